The van der Waals surface area contributed by atoms with Gasteiger partial charge in [0.1, 0.15) is 10.6 Å². The van der Waals surface area contributed by atoms with E-state index in [1.165, 1.54) is 11.4 Å². The van der Waals surface area contributed by atoms with Gasteiger partial charge in [-0.3, -0.25) is 4.79 Å². The van der Waals surface area contributed by atoms with E-state index < -0.39 is 10.0 Å². The van der Waals surface area contributed by atoms with Gasteiger partial charge in [0.15, 0.2) is 0 Å². The second-order valence-corrected chi connectivity index (χ2v) is 8.05. The van der Waals surface area contributed by atoms with Gasteiger partial charge in [0.2, 0.25) is 15.9 Å². The predicted octanol–water partition coefficient (Wildman–Crippen LogP) is 1.93. The van der Waals surface area contributed by atoms with Gasteiger partial charge in [0.25, 0.3) is 0 Å². The number of nitrogens with one attached hydrogen (secondary N) is 1. The molecule has 1 aliphatic rings. The Kier molecular flexibility index (Phi) is 6.23. The van der Waals surface area contributed by atoms with Crippen molar-refractivity contribution in [2.75, 3.05) is 26.7 Å². The van der Waals surface area contributed by atoms with Crippen molar-refractivity contribution in [3.8, 4) is 5.75 Å². The lowest BCUT2D eigenvalue weighted by molar-refractivity contribution is -0.126. The molecule has 0 radical (unpaired) electrons. The summed E-state index contributed by atoms with van der Waals surface area (Å²) in [5.41, 5.74) is 0.851. The van der Waals surface area contributed by atoms with E-state index in [1.54, 1.807) is 12.1 Å². The minimum Gasteiger partial charge on any atom is -0.495 e. The molecule has 6 nitrogen and oxygen atoms in total. The van der Waals surface area contributed by atoms with Crippen molar-refractivity contribution in [3.63, 3.8) is 0 Å². The molecule has 1 N–H and O–H groups in total. The molecule has 1 atom stereocenters. The van der Waals surface area contributed by atoms with Crippen molar-refractivity contribution in [1.82, 2.24) is 9.62 Å². The summed E-state index contributed by atoms with van der Waals surface area (Å²) in [4.78, 5) is 12.4. The van der Waals surface area contributed by atoms with Crippen molar-refractivity contribution in [3.05, 3.63) is 23.8 Å². The lowest BCUT2D eigenvalue weighted by Gasteiger charge is -2.31. The first-order chi connectivity index (χ1) is 11.4. The number of carbonyl (C=O) groups is 1. The van der Waals surface area contributed by atoms with Crippen LogP contribution in [0.15, 0.2) is 23.1 Å². The van der Waals surface area contributed by atoms with Gasteiger partial charge in [0.05, 0.1) is 13.0 Å². The molecule has 1 aliphatic heterocycles. The lowest BCUT2D eigenvalue weighted by Crippen LogP contribution is -2.45. The number of hydrogen-bond acceptors (Lipinski definition) is 4. The van der Waals surface area contributed by atoms with Gasteiger partial charge in [-0.1, -0.05) is 13.0 Å². The lowest BCUT2D eigenvalue weighted by atomic mass is 9.99. The van der Waals surface area contributed by atoms with Gasteiger partial charge < -0.3 is 10.1 Å². The minimum atomic E-state index is -3.69. The van der Waals surface area contributed by atoms with E-state index >= 15 is 0 Å². The van der Waals surface area contributed by atoms with Crippen LogP contribution in [0.2, 0.25) is 0 Å². The van der Waals surface area contributed by atoms with Gasteiger partial charge in [0, 0.05) is 19.6 Å². The fourth-order valence-corrected chi connectivity index (χ4v) is 4.66. The molecule has 2 rings (SSSR count). The Morgan fingerprint density at radius 2 is 2.17 bits per heavy atom. The first kappa shape index (κ1) is 18.7. The number of aryl methyl sites for hydroxylation is 1. The van der Waals surface area contributed by atoms with Crippen LogP contribution in [0.1, 0.15) is 31.7 Å². The number of piperidine rings is 1. The number of hydrogen-bond donors (Lipinski definition) is 1. The largest absolute Gasteiger partial charge is 0.495 e. The summed E-state index contributed by atoms with van der Waals surface area (Å²) in [6.07, 6.45) is 2.26. The second kappa shape index (κ2) is 7.98. The Balaban J connectivity index is 2.23. The zero-order chi connectivity index (χ0) is 17.7. The molecule has 1 heterocycles. The monoisotopic (exact) mass is 354 g/mol. The number of amides is 1. The highest BCUT2D eigenvalue weighted by atomic mass is 32.2. The maximum atomic E-state index is 13.0. The van der Waals surface area contributed by atoms with Gasteiger partial charge in [-0.25, -0.2) is 8.42 Å². The molecule has 1 fully saturated rings. The molecule has 0 aromatic heterocycles. The van der Waals surface area contributed by atoms with Crippen molar-refractivity contribution >= 4 is 15.9 Å². The number of ether oxygens (including phenoxy) is 1. The van der Waals surface area contributed by atoms with Crippen molar-refractivity contribution in [2.24, 2.45) is 5.92 Å². The first-order valence-corrected chi connectivity index (χ1v) is 9.76. The van der Waals surface area contributed by atoms with Crippen LogP contribution < -0.4 is 10.1 Å². The minimum absolute atomic E-state index is 0.0621. The van der Waals surface area contributed by atoms with Crippen LogP contribution in [0, 0.1) is 12.8 Å². The zero-order valence-corrected chi connectivity index (χ0v) is 15.4. The van der Waals surface area contributed by atoms with E-state index in [0.29, 0.717) is 31.7 Å². The maximum absolute atomic E-state index is 13.0. The number of sulfonamides is 1. The van der Waals surface area contributed by atoms with E-state index in [-0.39, 0.29) is 23.3 Å². The highest BCUT2D eigenvalue weighted by Crippen LogP contribution is 2.30. The third-order valence-electron chi connectivity index (χ3n) is 4.24. The SMILES string of the molecule is CCCNC(=O)[C@@H]1CCCN(S(=O)(=O)c2cc(C)ccc2OC)C1. The molecule has 1 aromatic rings. The van der Waals surface area contributed by atoms with Crippen molar-refractivity contribution in [2.45, 2.75) is 38.0 Å². The number of benzene rings is 1. The van der Waals surface area contributed by atoms with E-state index in [9.17, 15) is 13.2 Å². The molecular formula is C17H26N2O4S. The quantitative estimate of drug-likeness (QED) is 0.847. The molecule has 0 aliphatic carbocycles. The Hall–Kier alpha value is -1.60. The summed E-state index contributed by atoms with van der Waals surface area (Å²) >= 11 is 0. The Morgan fingerprint density at radius 3 is 2.83 bits per heavy atom. The van der Waals surface area contributed by atoms with E-state index in [2.05, 4.69) is 5.32 Å². The maximum Gasteiger partial charge on any atom is 0.246 e. The molecule has 0 spiro atoms. The molecule has 0 bridgehead atoms. The fraction of sp³-hybridized carbons (Fsp3) is 0.588. The molecule has 1 saturated heterocycles. The summed E-state index contributed by atoms with van der Waals surface area (Å²) in [5, 5.41) is 2.86. The Morgan fingerprint density at radius 1 is 1.42 bits per heavy atom. The number of rotatable bonds is 6. The average molecular weight is 354 g/mol. The summed E-state index contributed by atoms with van der Waals surface area (Å²) in [6, 6.07) is 5.10. The summed E-state index contributed by atoms with van der Waals surface area (Å²) in [7, 11) is -2.23. The molecule has 7 heteroatoms. The molecule has 0 unspecified atom stereocenters. The summed E-state index contributed by atoms with van der Waals surface area (Å²) in [6.45, 7) is 5.09. The normalized spacial score (nSPS) is 19.0. The third kappa shape index (κ3) is 4.08. The highest BCUT2D eigenvalue weighted by molar-refractivity contribution is 7.89. The number of carbonyl (C=O) groups excluding carboxylic acids is 1. The third-order valence-corrected chi connectivity index (χ3v) is 6.13. The van der Waals surface area contributed by atoms with E-state index in [0.717, 1.165) is 12.0 Å². The fourth-order valence-electron chi connectivity index (χ4n) is 2.89. The topological polar surface area (TPSA) is 75.7 Å². The van der Waals surface area contributed by atoms with Gasteiger partial charge in [-0.15, -0.1) is 0 Å². The Bertz CT molecular complexity index is 688. The summed E-state index contributed by atoms with van der Waals surface area (Å²) < 4.78 is 32.7. The van der Waals surface area contributed by atoms with Gasteiger partial charge in [-0.05, 0) is 43.9 Å². The van der Waals surface area contributed by atoms with Gasteiger partial charge in [-0.2, -0.15) is 4.31 Å². The van der Waals surface area contributed by atoms with E-state index in [4.69, 9.17) is 4.74 Å². The molecule has 24 heavy (non-hydrogen) atoms. The molecule has 1 amide bonds. The van der Waals surface area contributed by atoms with Crippen LogP contribution in [0.4, 0.5) is 0 Å². The predicted molar refractivity (Wildman–Crippen MR) is 92.5 cm³/mol. The Labute approximate surface area is 144 Å². The molecular weight excluding hydrogens is 328 g/mol. The highest BCUT2D eigenvalue weighted by Gasteiger charge is 2.34. The smallest absolute Gasteiger partial charge is 0.246 e. The molecule has 1 aromatic carbocycles. The van der Waals surface area contributed by atoms with Crippen LogP contribution in [0.5, 0.6) is 5.75 Å². The van der Waals surface area contributed by atoms with Crippen LogP contribution >= 0.6 is 0 Å². The average Bonchev–Trinajstić information content (AvgIpc) is 2.59. The standard InChI is InChI=1S/C17H26N2O4S/c1-4-9-18-17(20)14-6-5-10-19(12-14)24(21,22)16-11-13(2)7-8-15(16)23-3/h7-8,11,14H,4-6,9-10,12H2,1-3H3,(H,18,20)/t14-/m1/s1. The van der Waals surface area contributed by atoms with E-state index in [1.807, 2.05) is 19.9 Å². The molecule has 0 saturated carbocycles. The second-order valence-electron chi connectivity index (χ2n) is 6.15. The van der Waals surface area contributed by atoms with Crippen LogP contribution in [0.3, 0.4) is 0 Å². The molecule has 134 valence electrons. The number of methoxy groups -OCH3 is 1. The first-order valence-electron chi connectivity index (χ1n) is 8.32. The van der Waals surface area contributed by atoms with Crippen LogP contribution in [-0.2, 0) is 14.8 Å². The van der Waals surface area contributed by atoms with Crippen molar-refractivity contribution < 1.29 is 17.9 Å². The number of nitrogens with zero attached hydrogens (tertiary/aromatic N) is 1. The zero-order valence-electron chi connectivity index (χ0n) is 14.5. The van der Waals surface area contributed by atoms with Crippen molar-refractivity contribution in [1.29, 1.82) is 0 Å². The summed E-state index contributed by atoms with van der Waals surface area (Å²) in [5.74, 6) is -0.0259. The van der Waals surface area contributed by atoms with Crippen LogP contribution in [-0.4, -0.2) is 45.4 Å². The van der Waals surface area contributed by atoms with Crippen LogP contribution in [0.25, 0.3) is 0 Å². The van der Waals surface area contributed by atoms with Gasteiger partial charge >= 0.3 is 0 Å².